The van der Waals surface area contributed by atoms with E-state index in [0.29, 0.717) is 26.4 Å². The third-order valence-electron chi connectivity index (χ3n) is 8.40. The molecule has 0 unspecified atom stereocenters. The van der Waals surface area contributed by atoms with Crippen LogP contribution in [0.3, 0.4) is 0 Å². The molecule has 4 nitrogen and oxygen atoms in total. The molecular formula is C33H34O4S2. The summed E-state index contributed by atoms with van der Waals surface area (Å²) in [4.78, 5) is 2.31. The Hall–Kier alpha value is -2.96. The fraction of sp³-hybridized carbons (Fsp3) is 0.394. The molecule has 39 heavy (non-hydrogen) atoms. The molecule has 2 aliphatic heterocycles. The van der Waals surface area contributed by atoms with Gasteiger partial charge in [0.2, 0.25) is 0 Å². The fourth-order valence-corrected chi connectivity index (χ4v) is 8.40. The van der Waals surface area contributed by atoms with Crippen molar-refractivity contribution in [3.05, 3.63) is 58.3 Å². The summed E-state index contributed by atoms with van der Waals surface area (Å²) in [7, 11) is 0. The molecule has 2 aromatic carbocycles. The van der Waals surface area contributed by atoms with Crippen molar-refractivity contribution in [2.75, 3.05) is 26.4 Å². The number of hydrogen-bond acceptors (Lipinski definition) is 6. The van der Waals surface area contributed by atoms with Crippen molar-refractivity contribution in [2.45, 2.75) is 57.8 Å². The largest absolute Gasteiger partial charge is 0.485 e. The maximum Gasteiger partial charge on any atom is 0.179 e. The van der Waals surface area contributed by atoms with Gasteiger partial charge in [-0.05, 0) is 58.4 Å². The van der Waals surface area contributed by atoms with Gasteiger partial charge < -0.3 is 18.9 Å². The molecule has 3 aliphatic rings. The van der Waals surface area contributed by atoms with E-state index in [1.807, 2.05) is 0 Å². The predicted molar refractivity (Wildman–Crippen MR) is 160 cm³/mol. The Morgan fingerprint density at radius 1 is 0.641 bits per heavy atom. The van der Waals surface area contributed by atoms with Gasteiger partial charge in [0.05, 0.1) is 9.75 Å². The second-order valence-electron chi connectivity index (χ2n) is 10.7. The van der Waals surface area contributed by atoms with Crippen molar-refractivity contribution in [2.24, 2.45) is 0 Å². The number of unbranched alkanes of at least 4 members (excludes halogenated alkanes) is 2. The second-order valence-corrected chi connectivity index (χ2v) is 12.5. The highest BCUT2D eigenvalue weighted by Gasteiger charge is 2.42. The first-order valence-electron chi connectivity index (χ1n) is 14.3. The Kier molecular flexibility index (Phi) is 6.56. The SMILES string of the molecule is CCCCC1(CCCC)c2ccc(-c3scc4c3OCCO4)cc2-c2cc(-c3scc4c3OCCO4)ccc21. The molecule has 0 saturated heterocycles. The molecule has 0 radical (unpaired) electrons. The van der Waals surface area contributed by atoms with Crippen molar-refractivity contribution in [3.63, 3.8) is 0 Å². The molecule has 0 fully saturated rings. The summed E-state index contributed by atoms with van der Waals surface area (Å²) in [6.07, 6.45) is 7.20. The molecule has 0 saturated carbocycles. The van der Waals surface area contributed by atoms with Crippen LogP contribution in [0.1, 0.15) is 63.5 Å². The molecule has 1 aliphatic carbocycles. The highest BCUT2D eigenvalue weighted by atomic mass is 32.1. The summed E-state index contributed by atoms with van der Waals surface area (Å²) >= 11 is 3.42. The molecule has 0 bridgehead atoms. The minimum atomic E-state index is 0.0523. The van der Waals surface area contributed by atoms with Gasteiger partial charge in [0.25, 0.3) is 0 Å². The Balaban J connectivity index is 1.40. The maximum absolute atomic E-state index is 6.07. The summed E-state index contributed by atoms with van der Waals surface area (Å²) in [6, 6.07) is 14.3. The topological polar surface area (TPSA) is 36.9 Å². The van der Waals surface area contributed by atoms with E-state index in [0.717, 1.165) is 32.8 Å². The average molecular weight is 559 g/mol. The Morgan fingerprint density at radius 3 is 1.56 bits per heavy atom. The van der Waals surface area contributed by atoms with Crippen molar-refractivity contribution < 1.29 is 18.9 Å². The smallest absolute Gasteiger partial charge is 0.179 e. The lowest BCUT2D eigenvalue weighted by atomic mass is 9.70. The first kappa shape index (κ1) is 25.0. The molecule has 2 aromatic heterocycles. The fourth-order valence-electron chi connectivity index (χ4n) is 6.54. The quantitative estimate of drug-likeness (QED) is 0.216. The van der Waals surface area contributed by atoms with E-state index in [4.69, 9.17) is 18.9 Å². The zero-order chi connectivity index (χ0) is 26.4. The number of thiophene rings is 2. The number of ether oxygens (including phenoxy) is 4. The average Bonchev–Trinajstić information content (AvgIpc) is 3.68. The van der Waals surface area contributed by atoms with Crippen molar-refractivity contribution in [3.8, 4) is 55.0 Å². The van der Waals surface area contributed by atoms with Crippen LogP contribution in [0.4, 0.5) is 0 Å². The summed E-state index contributed by atoms with van der Waals surface area (Å²) < 4.78 is 23.9. The van der Waals surface area contributed by atoms with Crippen LogP contribution >= 0.6 is 22.7 Å². The lowest BCUT2D eigenvalue weighted by molar-refractivity contribution is 0.174. The van der Waals surface area contributed by atoms with Crippen molar-refractivity contribution in [1.29, 1.82) is 0 Å². The van der Waals surface area contributed by atoms with Gasteiger partial charge in [0.15, 0.2) is 23.0 Å². The van der Waals surface area contributed by atoms with Gasteiger partial charge in [-0.25, -0.2) is 0 Å². The third kappa shape index (κ3) is 4.06. The summed E-state index contributed by atoms with van der Waals surface area (Å²) in [5, 5.41) is 4.16. The lowest BCUT2D eigenvalue weighted by Gasteiger charge is -2.32. The van der Waals surface area contributed by atoms with Crippen LogP contribution in [-0.4, -0.2) is 26.4 Å². The Morgan fingerprint density at radius 2 is 1.10 bits per heavy atom. The van der Waals surface area contributed by atoms with Crippen LogP contribution in [0.15, 0.2) is 47.2 Å². The minimum Gasteiger partial charge on any atom is -0.485 e. The molecule has 0 N–H and O–H groups in total. The summed E-state index contributed by atoms with van der Waals surface area (Å²) in [5.41, 5.74) is 8.14. The van der Waals surface area contributed by atoms with E-state index in [9.17, 15) is 0 Å². The molecule has 0 amide bonds. The van der Waals surface area contributed by atoms with E-state index >= 15 is 0 Å². The van der Waals surface area contributed by atoms with Crippen LogP contribution in [0.2, 0.25) is 0 Å². The van der Waals surface area contributed by atoms with E-state index in [1.165, 1.54) is 71.9 Å². The molecule has 4 aromatic rings. The normalized spacial score (nSPS) is 16.2. The van der Waals surface area contributed by atoms with Crippen LogP contribution < -0.4 is 18.9 Å². The van der Waals surface area contributed by atoms with Crippen molar-refractivity contribution >= 4 is 22.7 Å². The zero-order valence-corrected chi connectivity index (χ0v) is 24.3. The van der Waals surface area contributed by atoms with Gasteiger partial charge in [-0.2, -0.15) is 0 Å². The highest BCUT2D eigenvalue weighted by molar-refractivity contribution is 7.14. The van der Waals surface area contributed by atoms with E-state index in [-0.39, 0.29) is 5.41 Å². The number of benzene rings is 2. The second kappa shape index (κ2) is 10.2. The maximum atomic E-state index is 6.07. The highest BCUT2D eigenvalue weighted by Crippen LogP contribution is 2.57. The van der Waals surface area contributed by atoms with Crippen LogP contribution in [-0.2, 0) is 5.41 Å². The van der Waals surface area contributed by atoms with E-state index < -0.39 is 0 Å². The molecule has 202 valence electrons. The van der Waals surface area contributed by atoms with Crippen LogP contribution in [0.25, 0.3) is 32.0 Å². The first-order chi connectivity index (χ1) is 19.2. The number of rotatable bonds is 8. The number of fused-ring (bicyclic) bond motifs is 5. The molecule has 7 rings (SSSR count). The molecule has 4 heterocycles. The van der Waals surface area contributed by atoms with Gasteiger partial charge in [0, 0.05) is 16.2 Å². The Bertz CT molecular complexity index is 1400. The van der Waals surface area contributed by atoms with Gasteiger partial charge in [-0.3, -0.25) is 0 Å². The van der Waals surface area contributed by atoms with Gasteiger partial charge in [-0.15, -0.1) is 22.7 Å². The van der Waals surface area contributed by atoms with Gasteiger partial charge in [-0.1, -0.05) is 63.8 Å². The first-order valence-corrected chi connectivity index (χ1v) is 16.0. The summed E-state index contributed by atoms with van der Waals surface area (Å²) in [6.45, 7) is 7.04. The number of hydrogen-bond donors (Lipinski definition) is 0. The predicted octanol–water partition coefficient (Wildman–Crippen LogP) is 9.33. The zero-order valence-electron chi connectivity index (χ0n) is 22.6. The van der Waals surface area contributed by atoms with E-state index in [2.05, 4.69) is 61.0 Å². The Labute approximate surface area is 238 Å². The summed E-state index contributed by atoms with van der Waals surface area (Å²) in [5.74, 6) is 3.52. The van der Waals surface area contributed by atoms with Crippen LogP contribution in [0, 0.1) is 0 Å². The lowest BCUT2D eigenvalue weighted by Crippen LogP contribution is -2.25. The van der Waals surface area contributed by atoms with Crippen LogP contribution in [0.5, 0.6) is 23.0 Å². The van der Waals surface area contributed by atoms with Gasteiger partial charge >= 0.3 is 0 Å². The van der Waals surface area contributed by atoms with E-state index in [1.54, 1.807) is 22.7 Å². The monoisotopic (exact) mass is 558 g/mol. The van der Waals surface area contributed by atoms with Gasteiger partial charge in [0.1, 0.15) is 26.4 Å². The molecular weight excluding hydrogens is 524 g/mol. The van der Waals surface area contributed by atoms with Crippen molar-refractivity contribution in [1.82, 2.24) is 0 Å². The standard InChI is InChI=1S/C33H34O4S2/c1-3-5-11-33(12-6-4-2)25-9-7-21(31-29-27(19-38-31)34-13-15-36-29)17-23(25)24-18-22(8-10-26(24)33)32-30-28(20-39-32)35-14-16-37-30/h7-10,17-20H,3-6,11-16H2,1-2H3. The third-order valence-corrected chi connectivity index (χ3v) is 10.4. The minimum absolute atomic E-state index is 0.0523. The molecule has 0 atom stereocenters. The molecule has 6 heteroatoms. The molecule has 0 spiro atoms.